The summed E-state index contributed by atoms with van der Waals surface area (Å²) in [6.45, 7) is 4.39. The molecule has 0 bridgehead atoms. The molecule has 1 heterocycles. The van der Waals surface area contributed by atoms with E-state index in [2.05, 4.69) is 0 Å². The number of carbonyl (C=O) groups excluding carboxylic acids is 1. The number of nitrogens with one attached hydrogen (secondary N) is 1. The van der Waals surface area contributed by atoms with E-state index in [0.29, 0.717) is 6.54 Å². The van der Waals surface area contributed by atoms with Gasteiger partial charge in [-0.1, -0.05) is 0 Å². The van der Waals surface area contributed by atoms with Crippen LogP contribution in [0.4, 0.5) is 18.9 Å². The zero-order chi connectivity index (χ0) is 15.8. The number of nitrogen functional groups attached to an aromatic ring is 1. The van der Waals surface area contributed by atoms with Gasteiger partial charge in [-0.15, -0.1) is 0 Å². The first-order valence-corrected chi connectivity index (χ1v) is 6.66. The van der Waals surface area contributed by atoms with Crippen molar-refractivity contribution in [2.75, 3.05) is 12.0 Å². The van der Waals surface area contributed by atoms with Crippen molar-refractivity contribution < 1.29 is 18.0 Å². The zero-order valence-corrected chi connectivity index (χ0v) is 11.9. The minimum Gasteiger partial charge on any atom is -0.334 e. The fraction of sp³-hybridized carbons (Fsp3) is 0.500. The molecular formula is C14H18F3N3O. The summed E-state index contributed by atoms with van der Waals surface area (Å²) in [5, 5.41) is 0. The minimum absolute atomic E-state index is 0.0244. The van der Waals surface area contributed by atoms with Crippen molar-refractivity contribution in [3.8, 4) is 0 Å². The normalized spacial score (nSPS) is 17.9. The van der Waals surface area contributed by atoms with E-state index >= 15 is 0 Å². The van der Waals surface area contributed by atoms with Crippen LogP contribution in [0.15, 0.2) is 18.2 Å². The highest BCUT2D eigenvalue weighted by atomic mass is 19.4. The second-order valence-electron chi connectivity index (χ2n) is 5.78. The van der Waals surface area contributed by atoms with Crippen molar-refractivity contribution in [3.05, 3.63) is 29.3 Å². The van der Waals surface area contributed by atoms with E-state index in [1.165, 1.54) is 12.1 Å². The van der Waals surface area contributed by atoms with Crippen molar-refractivity contribution >= 4 is 11.6 Å². The van der Waals surface area contributed by atoms with Gasteiger partial charge in [0.1, 0.15) is 0 Å². The first-order valence-electron chi connectivity index (χ1n) is 6.66. The molecule has 1 saturated heterocycles. The number of amides is 1. The Morgan fingerprint density at radius 3 is 2.52 bits per heavy atom. The number of carbonyl (C=O) groups is 1. The molecule has 1 fully saturated rings. The molecule has 0 aliphatic carbocycles. The predicted octanol–water partition coefficient (Wildman–Crippen LogP) is 3.01. The lowest BCUT2D eigenvalue weighted by molar-refractivity contribution is -0.137. The highest BCUT2D eigenvalue weighted by Crippen LogP contribution is 2.36. The van der Waals surface area contributed by atoms with Crippen LogP contribution in [-0.4, -0.2) is 22.9 Å². The lowest BCUT2D eigenvalue weighted by Crippen LogP contribution is -2.42. The number of benzene rings is 1. The summed E-state index contributed by atoms with van der Waals surface area (Å²) in [4.78, 5) is 14.1. The van der Waals surface area contributed by atoms with Crippen LogP contribution in [0.25, 0.3) is 0 Å². The Morgan fingerprint density at radius 1 is 1.38 bits per heavy atom. The van der Waals surface area contributed by atoms with Crippen LogP contribution in [-0.2, 0) is 6.18 Å². The third kappa shape index (κ3) is 2.97. The number of hydrazine groups is 1. The average molecular weight is 301 g/mol. The maximum Gasteiger partial charge on any atom is 0.418 e. The highest BCUT2D eigenvalue weighted by Gasteiger charge is 2.38. The van der Waals surface area contributed by atoms with Crippen LogP contribution >= 0.6 is 0 Å². The summed E-state index contributed by atoms with van der Waals surface area (Å²) >= 11 is 0. The SMILES string of the molecule is CC1(C)CCCN1C(=O)c1ccc(NN)c(C(F)(F)F)c1. The molecule has 0 unspecified atom stereocenters. The van der Waals surface area contributed by atoms with Gasteiger partial charge in [0.25, 0.3) is 5.91 Å². The van der Waals surface area contributed by atoms with Gasteiger partial charge in [0.05, 0.1) is 11.3 Å². The molecule has 4 nitrogen and oxygen atoms in total. The minimum atomic E-state index is -4.57. The molecule has 0 radical (unpaired) electrons. The molecule has 1 aliphatic heterocycles. The van der Waals surface area contributed by atoms with Crippen LogP contribution in [0, 0.1) is 0 Å². The zero-order valence-electron chi connectivity index (χ0n) is 11.9. The van der Waals surface area contributed by atoms with Crippen molar-refractivity contribution in [2.45, 2.75) is 38.4 Å². The fourth-order valence-electron chi connectivity index (χ4n) is 2.68. The Balaban J connectivity index is 2.39. The largest absolute Gasteiger partial charge is 0.418 e. The molecule has 2 rings (SSSR count). The second kappa shape index (κ2) is 5.22. The molecule has 0 aromatic heterocycles. The molecule has 1 aromatic rings. The Hall–Kier alpha value is -1.76. The molecule has 0 spiro atoms. The predicted molar refractivity (Wildman–Crippen MR) is 73.6 cm³/mol. The number of nitrogens with two attached hydrogens (primary N) is 1. The van der Waals surface area contributed by atoms with Crippen molar-refractivity contribution in [1.29, 1.82) is 0 Å². The van der Waals surface area contributed by atoms with Crippen molar-refractivity contribution in [2.24, 2.45) is 5.84 Å². The van der Waals surface area contributed by atoms with Gasteiger partial charge in [0.15, 0.2) is 0 Å². The maximum absolute atomic E-state index is 13.0. The van der Waals surface area contributed by atoms with Gasteiger partial charge in [-0.25, -0.2) is 0 Å². The van der Waals surface area contributed by atoms with Crippen LogP contribution in [0.5, 0.6) is 0 Å². The van der Waals surface area contributed by atoms with Crippen molar-refractivity contribution in [3.63, 3.8) is 0 Å². The molecule has 3 N–H and O–H groups in total. The van der Waals surface area contributed by atoms with Gasteiger partial charge in [0.2, 0.25) is 0 Å². The van der Waals surface area contributed by atoms with E-state index in [1.54, 1.807) is 4.90 Å². The molecule has 1 aliphatic rings. The molecule has 0 saturated carbocycles. The summed E-state index contributed by atoms with van der Waals surface area (Å²) in [7, 11) is 0. The number of anilines is 1. The molecule has 116 valence electrons. The van der Waals surface area contributed by atoms with E-state index in [1.807, 2.05) is 19.3 Å². The molecule has 1 aromatic carbocycles. The van der Waals surface area contributed by atoms with E-state index in [4.69, 9.17) is 5.84 Å². The smallest absolute Gasteiger partial charge is 0.334 e. The van der Waals surface area contributed by atoms with Crippen LogP contribution in [0.2, 0.25) is 0 Å². The van der Waals surface area contributed by atoms with Gasteiger partial charge in [-0.3, -0.25) is 10.6 Å². The van der Waals surface area contributed by atoms with Gasteiger partial charge in [-0.2, -0.15) is 13.2 Å². The number of rotatable bonds is 2. The van der Waals surface area contributed by atoms with E-state index in [0.717, 1.165) is 18.9 Å². The van der Waals surface area contributed by atoms with Crippen LogP contribution in [0.1, 0.15) is 42.6 Å². The fourth-order valence-corrected chi connectivity index (χ4v) is 2.68. The maximum atomic E-state index is 13.0. The standard InChI is InChI=1S/C14H18F3N3O/c1-13(2)6-3-7-20(13)12(21)9-4-5-11(19-18)10(8-9)14(15,16)17/h4-5,8,19H,3,6-7,18H2,1-2H3. The second-order valence-corrected chi connectivity index (χ2v) is 5.78. The number of alkyl halides is 3. The number of nitrogens with zero attached hydrogens (tertiary/aromatic N) is 1. The van der Waals surface area contributed by atoms with Crippen molar-refractivity contribution in [1.82, 2.24) is 4.90 Å². The first-order chi connectivity index (χ1) is 9.66. The van der Waals surface area contributed by atoms with Gasteiger partial charge in [-0.05, 0) is 44.9 Å². The lowest BCUT2D eigenvalue weighted by atomic mass is 10.0. The molecule has 7 heteroatoms. The summed E-state index contributed by atoms with van der Waals surface area (Å²) in [5.74, 6) is 4.71. The molecule has 21 heavy (non-hydrogen) atoms. The van der Waals surface area contributed by atoms with Gasteiger partial charge < -0.3 is 10.3 Å². The Labute approximate surface area is 121 Å². The Morgan fingerprint density at radius 2 is 2.05 bits per heavy atom. The third-order valence-electron chi connectivity index (χ3n) is 3.87. The number of hydrogen-bond acceptors (Lipinski definition) is 3. The van der Waals surface area contributed by atoms with E-state index < -0.39 is 11.7 Å². The average Bonchev–Trinajstić information content (AvgIpc) is 2.75. The lowest BCUT2D eigenvalue weighted by Gasteiger charge is -2.32. The monoisotopic (exact) mass is 301 g/mol. The summed E-state index contributed by atoms with van der Waals surface area (Å²) in [6, 6.07) is 3.40. The summed E-state index contributed by atoms with van der Waals surface area (Å²) < 4.78 is 39.0. The quantitative estimate of drug-likeness (QED) is 0.652. The first kappa shape index (κ1) is 15.6. The Bertz CT molecular complexity index is 555. The number of halogens is 3. The summed E-state index contributed by atoms with van der Waals surface area (Å²) in [5.41, 5.74) is 0.513. The van der Waals surface area contributed by atoms with E-state index in [-0.39, 0.29) is 22.7 Å². The molecular weight excluding hydrogens is 283 g/mol. The van der Waals surface area contributed by atoms with Crippen LogP contribution < -0.4 is 11.3 Å². The molecule has 1 amide bonds. The third-order valence-corrected chi connectivity index (χ3v) is 3.87. The summed E-state index contributed by atoms with van der Waals surface area (Å²) in [6.07, 6.45) is -2.88. The van der Waals surface area contributed by atoms with Gasteiger partial charge >= 0.3 is 6.18 Å². The van der Waals surface area contributed by atoms with E-state index in [9.17, 15) is 18.0 Å². The number of likely N-dealkylation sites (tertiary alicyclic amines) is 1. The highest BCUT2D eigenvalue weighted by molar-refractivity contribution is 5.95. The number of hydrogen-bond donors (Lipinski definition) is 2. The van der Waals surface area contributed by atoms with Gasteiger partial charge in [0, 0.05) is 17.6 Å². The Kier molecular flexibility index (Phi) is 3.88. The molecule has 0 atom stereocenters. The topological polar surface area (TPSA) is 58.4 Å². The van der Waals surface area contributed by atoms with Crippen LogP contribution in [0.3, 0.4) is 0 Å².